The molecule has 0 aliphatic heterocycles. The Kier molecular flexibility index (Phi) is 5.49. The van der Waals surface area contributed by atoms with Crippen molar-refractivity contribution in [2.24, 2.45) is 0 Å². The molecule has 0 spiro atoms. The van der Waals surface area contributed by atoms with Crippen LogP contribution in [0.25, 0.3) is 11.0 Å². The summed E-state index contributed by atoms with van der Waals surface area (Å²) < 4.78 is 45.2. The third-order valence-corrected chi connectivity index (χ3v) is 4.12. The number of ether oxygens (including phenoxy) is 3. The van der Waals surface area contributed by atoms with Gasteiger partial charge in [0.15, 0.2) is 11.6 Å². The van der Waals surface area contributed by atoms with Crippen molar-refractivity contribution in [2.75, 3.05) is 27.4 Å². The van der Waals surface area contributed by atoms with Gasteiger partial charge in [0.1, 0.15) is 24.2 Å². The van der Waals surface area contributed by atoms with Gasteiger partial charge in [0, 0.05) is 37.6 Å². The van der Waals surface area contributed by atoms with E-state index < -0.39 is 17.7 Å². The van der Waals surface area contributed by atoms with E-state index in [0.29, 0.717) is 17.8 Å². The number of benzene rings is 1. The van der Waals surface area contributed by atoms with Crippen LogP contribution in [0.2, 0.25) is 0 Å². The molecule has 0 bridgehead atoms. The lowest BCUT2D eigenvalue weighted by molar-refractivity contribution is 0.126. The lowest BCUT2D eigenvalue weighted by Crippen LogP contribution is -2.11. The molecule has 0 fully saturated rings. The zero-order valence-electron chi connectivity index (χ0n) is 14.8. The number of nitrogens with zero attached hydrogens (tertiary/aromatic N) is 1. The van der Waals surface area contributed by atoms with Gasteiger partial charge in [-0.3, -0.25) is 0 Å². The summed E-state index contributed by atoms with van der Waals surface area (Å²) in [6.07, 6.45) is 2.43. The third kappa shape index (κ3) is 3.40. The molecule has 7 heteroatoms. The summed E-state index contributed by atoms with van der Waals surface area (Å²) in [4.78, 5) is 7.30. The van der Waals surface area contributed by atoms with E-state index in [2.05, 4.69) is 9.97 Å². The monoisotopic (exact) mass is 362 g/mol. The van der Waals surface area contributed by atoms with Crippen LogP contribution in [0.15, 0.2) is 30.6 Å². The summed E-state index contributed by atoms with van der Waals surface area (Å²) >= 11 is 0. The van der Waals surface area contributed by atoms with Gasteiger partial charge in [-0.25, -0.2) is 13.8 Å². The van der Waals surface area contributed by atoms with Crippen molar-refractivity contribution in [3.63, 3.8) is 0 Å². The molecule has 0 amide bonds. The van der Waals surface area contributed by atoms with Crippen LogP contribution in [0, 0.1) is 18.6 Å². The Morgan fingerprint density at radius 1 is 1.19 bits per heavy atom. The maximum Gasteiger partial charge on any atom is 0.174 e. The first-order valence-electron chi connectivity index (χ1n) is 8.12. The van der Waals surface area contributed by atoms with E-state index in [0.717, 1.165) is 10.9 Å². The zero-order chi connectivity index (χ0) is 18.7. The first-order valence-corrected chi connectivity index (χ1v) is 8.12. The number of hydrogen-bond donors (Lipinski definition) is 1. The molecule has 5 nitrogen and oxygen atoms in total. The zero-order valence-corrected chi connectivity index (χ0v) is 14.8. The Hall–Kier alpha value is -2.51. The van der Waals surface area contributed by atoms with Crippen LogP contribution in [0.3, 0.4) is 0 Å². The molecule has 2 heterocycles. The average Bonchev–Trinajstić information content (AvgIpc) is 3.03. The van der Waals surface area contributed by atoms with E-state index in [1.807, 2.05) is 13.0 Å². The minimum absolute atomic E-state index is 0.0466. The summed E-state index contributed by atoms with van der Waals surface area (Å²) in [6, 6.07) is 4.33. The Morgan fingerprint density at radius 2 is 2.00 bits per heavy atom. The predicted octanol–water partition coefficient (Wildman–Crippen LogP) is 3.91. The van der Waals surface area contributed by atoms with Gasteiger partial charge in [-0.15, -0.1) is 0 Å². The first-order chi connectivity index (χ1) is 12.6. The van der Waals surface area contributed by atoms with E-state index in [4.69, 9.17) is 14.2 Å². The fourth-order valence-electron chi connectivity index (χ4n) is 2.88. The molecular formula is C19H20F2N2O3. The van der Waals surface area contributed by atoms with Crippen molar-refractivity contribution in [3.05, 3.63) is 58.9 Å². The Labute approximate surface area is 149 Å². The molecule has 138 valence electrons. The predicted molar refractivity (Wildman–Crippen MR) is 93.4 cm³/mol. The molecule has 0 radical (unpaired) electrons. The van der Waals surface area contributed by atoms with E-state index in [1.165, 1.54) is 26.4 Å². The van der Waals surface area contributed by atoms with Crippen molar-refractivity contribution in [3.8, 4) is 5.75 Å². The van der Waals surface area contributed by atoms with E-state index in [-0.39, 0.29) is 17.9 Å². The number of rotatable bonds is 7. The molecule has 2 aromatic heterocycles. The number of fused-ring (bicyclic) bond motifs is 1. The Balaban J connectivity index is 2.07. The molecule has 26 heavy (non-hydrogen) atoms. The van der Waals surface area contributed by atoms with Crippen LogP contribution in [0.4, 0.5) is 8.78 Å². The van der Waals surface area contributed by atoms with Gasteiger partial charge < -0.3 is 19.2 Å². The van der Waals surface area contributed by atoms with Crippen molar-refractivity contribution in [1.29, 1.82) is 0 Å². The highest BCUT2D eigenvalue weighted by molar-refractivity contribution is 5.81. The molecule has 0 aliphatic rings. The van der Waals surface area contributed by atoms with Crippen LogP contribution < -0.4 is 4.74 Å². The Morgan fingerprint density at radius 3 is 2.73 bits per heavy atom. The van der Waals surface area contributed by atoms with Gasteiger partial charge in [-0.2, -0.15) is 0 Å². The topological polar surface area (TPSA) is 56.4 Å². The Bertz CT molecular complexity index is 911. The number of pyridine rings is 1. The second-order valence-electron chi connectivity index (χ2n) is 5.88. The fraction of sp³-hybridized carbons (Fsp3) is 0.316. The molecule has 0 aliphatic carbocycles. The summed E-state index contributed by atoms with van der Waals surface area (Å²) in [6.45, 7) is 2.36. The summed E-state index contributed by atoms with van der Waals surface area (Å²) in [5.74, 6) is -1.54. The largest absolute Gasteiger partial charge is 0.488 e. The maximum atomic E-state index is 15.0. The van der Waals surface area contributed by atoms with Crippen molar-refractivity contribution < 1.29 is 23.0 Å². The minimum Gasteiger partial charge on any atom is -0.488 e. The number of aromatic amines is 1. The lowest BCUT2D eigenvalue weighted by atomic mass is 9.99. The molecule has 3 aromatic rings. The van der Waals surface area contributed by atoms with E-state index in [9.17, 15) is 8.78 Å². The van der Waals surface area contributed by atoms with Crippen LogP contribution in [0.5, 0.6) is 5.75 Å². The molecule has 1 unspecified atom stereocenters. The van der Waals surface area contributed by atoms with E-state index >= 15 is 0 Å². The number of nitrogens with one attached hydrogen (secondary N) is 1. The van der Waals surface area contributed by atoms with Gasteiger partial charge in [0.05, 0.1) is 12.2 Å². The third-order valence-electron chi connectivity index (χ3n) is 4.12. The lowest BCUT2D eigenvalue weighted by Gasteiger charge is -2.19. The SMILES string of the molecule is COCCOc1ccc(F)c(C(OC)c2c[nH]c3ncc(C)cc23)c1F. The number of H-pyrrole nitrogens is 1. The molecular weight excluding hydrogens is 342 g/mol. The summed E-state index contributed by atoms with van der Waals surface area (Å²) in [5, 5.41) is 0.751. The van der Waals surface area contributed by atoms with Crippen molar-refractivity contribution in [2.45, 2.75) is 13.0 Å². The standard InChI is InChI=1S/C19H20F2N2O3/c1-11-8-12-13(10-23-19(12)22-9-11)18(25-3)16-14(20)4-5-15(17(16)21)26-7-6-24-2/h4-5,8-10,18H,6-7H2,1-3H3,(H,22,23). The number of aryl methyl sites for hydroxylation is 1. The van der Waals surface area contributed by atoms with Gasteiger partial charge in [-0.1, -0.05) is 0 Å². The maximum absolute atomic E-state index is 15.0. The number of hydrogen-bond acceptors (Lipinski definition) is 4. The van der Waals surface area contributed by atoms with Gasteiger partial charge in [-0.05, 0) is 30.7 Å². The van der Waals surface area contributed by atoms with Crippen LogP contribution in [-0.4, -0.2) is 37.4 Å². The average molecular weight is 362 g/mol. The smallest absolute Gasteiger partial charge is 0.174 e. The molecule has 1 aromatic carbocycles. The first kappa shape index (κ1) is 18.3. The van der Waals surface area contributed by atoms with Crippen molar-refractivity contribution in [1.82, 2.24) is 9.97 Å². The molecule has 1 N–H and O–H groups in total. The minimum atomic E-state index is -0.946. The molecule has 1 atom stereocenters. The van der Waals surface area contributed by atoms with E-state index in [1.54, 1.807) is 12.4 Å². The molecule has 0 saturated heterocycles. The van der Waals surface area contributed by atoms with Gasteiger partial charge >= 0.3 is 0 Å². The highest BCUT2D eigenvalue weighted by atomic mass is 19.1. The second kappa shape index (κ2) is 7.80. The summed E-state index contributed by atoms with van der Waals surface area (Å²) in [7, 11) is 2.92. The second-order valence-corrected chi connectivity index (χ2v) is 5.88. The van der Waals surface area contributed by atoms with Crippen LogP contribution in [0.1, 0.15) is 22.8 Å². The van der Waals surface area contributed by atoms with Crippen LogP contribution in [-0.2, 0) is 9.47 Å². The summed E-state index contributed by atoms with van der Waals surface area (Å²) in [5.41, 5.74) is 1.96. The highest BCUT2D eigenvalue weighted by Crippen LogP contribution is 2.36. The van der Waals surface area contributed by atoms with Gasteiger partial charge in [0.2, 0.25) is 0 Å². The van der Waals surface area contributed by atoms with Crippen molar-refractivity contribution >= 4 is 11.0 Å². The normalized spacial score (nSPS) is 12.5. The van der Waals surface area contributed by atoms with Gasteiger partial charge in [0.25, 0.3) is 0 Å². The fourth-order valence-corrected chi connectivity index (χ4v) is 2.88. The van der Waals surface area contributed by atoms with Crippen LogP contribution >= 0.6 is 0 Å². The quantitative estimate of drug-likeness (QED) is 0.648. The number of methoxy groups -OCH3 is 2. The number of halogens is 2. The number of aromatic nitrogens is 2. The molecule has 3 rings (SSSR count). The highest BCUT2D eigenvalue weighted by Gasteiger charge is 2.27. The molecule has 0 saturated carbocycles.